The Morgan fingerprint density at radius 3 is 2.76 bits per heavy atom. The van der Waals surface area contributed by atoms with Crippen LogP contribution in [0.5, 0.6) is 23.1 Å². The monoisotopic (exact) mass is 390 g/mol. The summed E-state index contributed by atoms with van der Waals surface area (Å²) in [4.78, 5) is 0. The van der Waals surface area contributed by atoms with Crippen molar-refractivity contribution in [3.63, 3.8) is 0 Å². The Balaban J connectivity index is 1.94. The van der Waals surface area contributed by atoms with Crippen LogP contribution in [0.3, 0.4) is 0 Å². The quantitative estimate of drug-likeness (QED) is 0.625. The number of ether oxygens (including phenoxy) is 3. The van der Waals surface area contributed by atoms with Crippen molar-refractivity contribution in [1.29, 1.82) is 5.26 Å². The van der Waals surface area contributed by atoms with Gasteiger partial charge in [0, 0.05) is 5.56 Å². The highest BCUT2D eigenvalue weighted by molar-refractivity contribution is 5.72. The van der Waals surface area contributed by atoms with Crippen molar-refractivity contribution in [3.05, 3.63) is 65.0 Å². The van der Waals surface area contributed by atoms with Crippen molar-refractivity contribution in [1.82, 2.24) is 10.2 Å². The number of phenols is 1. The number of phenolic OH excluding ortho intramolecular Hbond substituents is 1. The molecule has 0 saturated carbocycles. The molecule has 3 aromatic rings. The molecule has 29 heavy (non-hydrogen) atoms. The first kappa shape index (κ1) is 18.3. The van der Waals surface area contributed by atoms with Gasteiger partial charge in [-0.15, -0.1) is 5.10 Å². The highest BCUT2D eigenvalue weighted by atomic mass is 16.5. The van der Waals surface area contributed by atoms with Gasteiger partial charge in [-0.3, -0.25) is 5.10 Å². The summed E-state index contributed by atoms with van der Waals surface area (Å²) in [5.41, 5.74) is 9.11. The second-order valence-corrected chi connectivity index (χ2v) is 6.41. The van der Waals surface area contributed by atoms with E-state index in [-0.39, 0.29) is 28.8 Å². The SMILES string of the molecule is COc1cccc(-c2[nH]nc3c2[C@H](c2ccc(O)c(OC)c2)C(C#N)=C(N)O3)c1. The second-order valence-electron chi connectivity index (χ2n) is 6.41. The van der Waals surface area contributed by atoms with Gasteiger partial charge in [0.15, 0.2) is 11.5 Å². The van der Waals surface area contributed by atoms with E-state index in [0.717, 1.165) is 5.56 Å². The number of nitriles is 1. The standard InChI is InChI=1S/C21H18N4O4/c1-27-13-5-3-4-12(8-13)19-18-17(11-6-7-15(26)16(9-11)28-2)14(10-22)20(23)29-21(18)25-24-19/h3-9,17,26H,23H2,1-2H3,(H,24,25)/t17-/m1/s1. The van der Waals surface area contributed by atoms with Crippen LogP contribution >= 0.6 is 0 Å². The predicted octanol–water partition coefficient (Wildman–Crippen LogP) is 3.02. The van der Waals surface area contributed by atoms with Gasteiger partial charge in [0.05, 0.1) is 31.4 Å². The van der Waals surface area contributed by atoms with Crippen molar-refractivity contribution < 1.29 is 19.3 Å². The molecule has 0 aliphatic carbocycles. The number of rotatable bonds is 4. The van der Waals surface area contributed by atoms with Crippen LogP contribution < -0.4 is 19.9 Å². The molecule has 1 aliphatic heterocycles. The third kappa shape index (κ3) is 2.99. The van der Waals surface area contributed by atoms with Gasteiger partial charge >= 0.3 is 0 Å². The summed E-state index contributed by atoms with van der Waals surface area (Å²) < 4.78 is 16.2. The average molecular weight is 390 g/mol. The van der Waals surface area contributed by atoms with E-state index in [1.165, 1.54) is 13.2 Å². The summed E-state index contributed by atoms with van der Waals surface area (Å²) in [6.45, 7) is 0. The van der Waals surface area contributed by atoms with Gasteiger partial charge in [-0.1, -0.05) is 18.2 Å². The van der Waals surface area contributed by atoms with E-state index in [1.54, 1.807) is 19.2 Å². The fourth-order valence-corrected chi connectivity index (χ4v) is 3.45. The Labute approximate surface area is 166 Å². The molecule has 0 unspecified atom stereocenters. The molecule has 0 spiro atoms. The summed E-state index contributed by atoms with van der Waals surface area (Å²) in [5, 5.41) is 27.0. The molecule has 0 radical (unpaired) electrons. The first-order chi connectivity index (χ1) is 14.1. The number of benzene rings is 2. The number of aromatic hydroxyl groups is 1. The van der Waals surface area contributed by atoms with Crippen molar-refractivity contribution in [2.24, 2.45) is 5.73 Å². The normalized spacial score (nSPS) is 15.3. The van der Waals surface area contributed by atoms with E-state index < -0.39 is 5.92 Å². The molecule has 0 bridgehead atoms. The van der Waals surface area contributed by atoms with E-state index in [9.17, 15) is 10.4 Å². The molecule has 1 atom stereocenters. The van der Waals surface area contributed by atoms with Crippen LogP contribution in [0.4, 0.5) is 0 Å². The Bertz CT molecular complexity index is 1160. The number of H-pyrrole nitrogens is 1. The fourth-order valence-electron chi connectivity index (χ4n) is 3.45. The number of nitrogens with two attached hydrogens (primary N) is 1. The molecular weight excluding hydrogens is 372 g/mol. The lowest BCUT2D eigenvalue weighted by atomic mass is 9.83. The molecule has 4 rings (SSSR count). The van der Waals surface area contributed by atoms with E-state index in [2.05, 4.69) is 16.3 Å². The van der Waals surface area contributed by atoms with Crippen molar-refractivity contribution in [2.75, 3.05) is 14.2 Å². The molecule has 2 heterocycles. The van der Waals surface area contributed by atoms with Crippen LogP contribution in [0, 0.1) is 11.3 Å². The number of hydrogen-bond acceptors (Lipinski definition) is 7. The van der Waals surface area contributed by atoms with Crippen LogP contribution in [0.25, 0.3) is 11.3 Å². The smallest absolute Gasteiger partial charge is 0.244 e. The zero-order valence-corrected chi connectivity index (χ0v) is 15.8. The molecule has 1 aromatic heterocycles. The Morgan fingerprint density at radius 2 is 2.03 bits per heavy atom. The minimum absolute atomic E-state index is 0.000736. The summed E-state index contributed by atoms with van der Waals surface area (Å²) in [7, 11) is 3.05. The van der Waals surface area contributed by atoms with Gasteiger partial charge in [0.2, 0.25) is 11.8 Å². The van der Waals surface area contributed by atoms with Gasteiger partial charge in [-0.05, 0) is 29.8 Å². The Hall–Kier alpha value is -4.12. The summed E-state index contributed by atoms with van der Waals surface area (Å²) in [6.07, 6.45) is 0. The number of nitrogens with one attached hydrogen (secondary N) is 1. The minimum atomic E-state index is -0.557. The number of methoxy groups -OCH3 is 2. The number of allylic oxidation sites excluding steroid dienone is 1. The lowest BCUT2D eigenvalue weighted by Gasteiger charge is -2.24. The van der Waals surface area contributed by atoms with Crippen LogP contribution in [-0.2, 0) is 0 Å². The van der Waals surface area contributed by atoms with Crippen molar-refractivity contribution in [2.45, 2.75) is 5.92 Å². The van der Waals surface area contributed by atoms with Crippen LogP contribution in [0.1, 0.15) is 17.0 Å². The number of aromatic amines is 1. The first-order valence-electron chi connectivity index (χ1n) is 8.74. The molecule has 2 aromatic carbocycles. The highest BCUT2D eigenvalue weighted by Crippen LogP contribution is 2.47. The number of hydrogen-bond donors (Lipinski definition) is 3. The first-order valence-corrected chi connectivity index (χ1v) is 8.74. The summed E-state index contributed by atoms with van der Waals surface area (Å²) in [5.74, 6) is 0.688. The zero-order chi connectivity index (χ0) is 20.5. The summed E-state index contributed by atoms with van der Waals surface area (Å²) in [6, 6.07) is 14.5. The maximum Gasteiger partial charge on any atom is 0.244 e. The fraction of sp³-hybridized carbons (Fsp3) is 0.143. The molecule has 4 N–H and O–H groups in total. The van der Waals surface area contributed by atoms with Gasteiger partial charge in [0.25, 0.3) is 0 Å². The highest BCUT2D eigenvalue weighted by Gasteiger charge is 2.36. The van der Waals surface area contributed by atoms with Gasteiger partial charge in [-0.25, -0.2) is 0 Å². The molecular formula is C21H18N4O4. The van der Waals surface area contributed by atoms with E-state index in [4.69, 9.17) is 19.9 Å². The number of aromatic nitrogens is 2. The van der Waals surface area contributed by atoms with Crippen molar-refractivity contribution in [3.8, 4) is 40.5 Å². The molecule has 8 heteroatoms. The molecule has 0 amide bonds. The third-order valence-corrected chi connectivity index (χ3v) is 4.83. The van der Waals surface area contributed by atoms with Crippen LogP contribution in [0.2, 0.25) is 0 Å². The molecule has 146 valence electrons. The largest absolute Gasteiger partial charge is 0.504 e. The third-order valence-electron chi connectivity index (χ3n) is 4.83. The maximum absolute atomic E-state index is 9.97. The minimum Gasteiger partial charge on any atom is -0.504 e. The van der Waals surface area contributed by atoms with E-state index in [0.29, 0.717) is 22.6 Å². The van der Waals surface area contributed by atoms with Crippen LogP contribution in [-0.4, -0.2) is 29.5 Å². The maximum atomic E-state index is 9.97. The van der Waals surface area contributed by atoms with Crippen molar-refractivity contribution >= 4 is 0 Å². The topological polar surface area (TPSA) is 126 Å². The van der Waals surface area contributed by atoms with Gasteiger partial charge in [-0.2, -0.15) is 5.26 Å². The molecule has 1 aliphatic rings. The molecule has 0 fully saturated rings. The Kier molecular flexibility index (Phi) is 4.49. The second kappa shape index (κ2) is 7.13. The average Bonchev–Trinajstić information content (AvgIpc) is 3.16. The molecule has 0 saturated heterocycles. The van der Waals surface area contributed by atoms with E-state index in [1.807, 2.05) is 24.3 Å². The van der Waals surface area contributed by atoms with Gasteiger partial charge < -0.3 is 25.1 Å². The molecule has 8 nitrogen and oxygen atoms in total. The zero-order valence-electron chi connectivity index (χ0n) is 15.8. The summed E-state index contributed by atoms with van der Waals surface area (Å²) >= 11 is 0. The number of fused-ring (bicyclic) bond motifs is 1. The number of nitrogens with zero attached hydrogens (tertiary/aromatic N) is 2. The van der Waals surface area contributed by atoms with Crippen LogP contribution in [0.15, 0.2) is 53.9 Å². The van der Waals surface area contributed by atoms with E-state index >= 15 is 0 Å². The lowest BCUT2D eigenvalue weighted by molar-refractivity contribution is 0.371. The predicted molar refractivity (Wildman–Crippen MR) is 105 cm³/mol. The Morgan fingerprint density at radius 1 is 1.21 bits per heavy atom. The lowest BCUT2D eigenvalue weighted by Crippen LogP contribution is -2.21. The van der Waals surface area contributed by atoms with Gasteiger partial charge in [0.1, 0.15) is 17.4 Å².